The van der Waals surface area contributed by atoms with Crippen LogP contribution in [0.4, 0.5) is 5.69 Å². The van der Waals surface area contributed by atoms with Crippen molar-refractivity contribution in [1.29, 1.82) is 0 Å². The Bertz CT molecular complexity index is 495. The van der Waals surface area contributed by atoms with Gasteiger partial charge in [0.15, 0.2) is 0 Å². The number of rotatable bonds is 6. The summed E-state index contributed by atoms with van der Waals surface area (Å²) in [6, 6.07) is 8.26. The average molecular weight is 246 g/mol. The van der Waals surface area contributed by atoms with E-state index in [0.29, 0.717) is 6.54 Å². The SMILES string of the molecule is COCCc1ccccc1NCc1cnnn1C. The number of hydrogen-bond acceptors (Lipinski definition) is 4. The Kier molecular flexibility index (Phi) is 4.30. The van der Waals surface area contributed by atoms with Crippen LogP contribution in [0.5, 0.6) is 0 Å². The third kappa shape index (κ3) is 3.07. The maximum atomic E-state index is 5.12. The number of para-hydroxylation sites is 1. The lowest BCUT2D eigenvalue weighted by molar-refractivity contribution is 0.202. The van der Waals surface area contributed by atoms with Gasteiger partial charge in [-0.2, -0.15) is 0 Å². The zero-order chi connectivity index (χ0) is 12.8. The second-order valence-corrected chi connectivity index (χ2v) is 4.10. The highest BCUT2D eigenvalue weighted by molar-refractivity contribution is 5.51. The van der Waals surface area contributed by atoms with E-state index in [-0.39, 0.29) is 0 Å². The molecule has 0 amide bonds. The summed E-state index contributed by atoms with van der Waals surface area (Å²) in [4.78, 5) is 0. The summed E-state index contributed by atoms with van der Waals surface area (Å²) in [6.07, 6.45) is 2.67. The largest absolute Gasteiger partial charge is 0.384 e. The van der Waals surface area contributed by atoms with Gasteiger partial charge < -0.3 is 10.1 Å². The second-order valence-electron chi connectivity index (χ2n) is 4.10. The Balaban J connectivity index is 2.02. The highest BCUT2D eigenvalue weighted by Gasteiger charge is 2.03. The molecule has 0 fully saturated rings. The molecule has 0 saturated heterocycles. The molecule has 0 aliphatic carbocycles. The normalized spacial score (nSPS) is 10.6. The molecule has 0 saturated carbocycles. The van der Waals surface area contributed by atoms with Crippen LogP contribution in [0.1, 0.15) is 11.3 Å². The van der Waals surface area contributed by atoms with Gasteiger partial charge in [-0.15, -0.1) is 5.10 Å². The molecular weight excluding hydrogens is 228 g/mol. The van der Waals surface area contributed by atoms with Crippen molar-refractivity contribution in [3.05, 3.63) is 41.7 Å². The van der Waals surface area contributed by atoms with Crippen molar-refractivity contribution in [2.45, 2.75) is 13.0 Å². The van der Waals surface area contributed by atoms with Crippen LogP contribution in [0.15, 0.2) is 30.5 Å². The fourth-order valence-electron chi connectivity index (χ4n) is 1.78. The molecule has 0 unspecified atom stereocenters. The first-order chi connectivity index (χ1) is 8.81. The number of aromatic nitrogens is 3. The van der Waals surface area contributed by atoms with E-state index >= 15 is 0 Å². The van der Waals surface area contributed by atoms with Gasteiger partial charge in [0.25, 0.3) is 0 Å². The van der Waals surface area contributed by atoms with E-state index in [0.717, 1.165) is 24.4 Å². The summed E-state index contributed by atoms with van der Waals surface area (Å²) in [5.74, 6) is 0. The molecule has 0 aliphatic rings. The molecule has 1 aromatic heterocycles. The van der Waals surface area contributed by atoms with Crippen molar-refractivity contribution in [3.8, 4) is 0 Å². The first-order valence-electron chi connectivity index (χ1n) is 5.95. The minimum Gasteiger partial charge on any atom is -0.384 e. The predicted octanol–water partition coefficient (Wildman–Crippen LogP) is 1.62. The maximum absolute atomic E-state index is 5.12. The molecule has 2 aromatic rings. The van der Waals surface area contributed by atoms with E-state index in [1.807, 2.05) is 19.2 Å². The van der Waals surface area contributed by atoms with E-state index < -0.39 is 0 Å². The number of ether oxygens (including phenoxy) is 1. The lowest BCUT2D eigenvalue weighted by Crippen LogP contribution is -2.07. The van der Waals surface area contributed by atoms with E-state index in [1.165, 1.54) is 5.56 Å². The van der Waals surface area contributed by atoms with Crippen LogP contribution in [0.2, 0.25) is 0 Å². The summed E-state index contributed by atoms with van der Waals surface area (Å²) in [5, 5.41) is 11.2. The Morgan fingerprint density at radius 2 is 2.17 bits per heavy atom. The van der Waals surface area contributed by atoms with Crippen LogP contribution >= 0.6 is 0 Å². The number of methoxy groups -OCH3 is 1. The molecule has 0 aliphatic heterocycles. The molecule has 0 spiro atoms. The summed E-state index contributed by atoms with van der Waals surface area (Å²) >= 11 is 0. The molecule has 1 aromatic carbocycles. The van der Waals surface area contributed by atoms with Gasteiger partial charge in [0.2, 0.25) is 0 Å². The van der Waals surface area contributed by atoms with Crippen LogP contribution < -0.4 is 5.32 Å². The van der Waals surface area contributed by atoms with Crippen molar-refractivity contribution in [1.82, 2.24) is 15.0 Å². The van der Waals surface area contributed by atoms with Crippen LogP contribution in [-0.4, -0.2) is 28.7 Å². The fraction of sp³-hybridized carbons (Fsp3) is 0.385. The summed E-state index contributed by atoms with van der Waals surface area (Å²) < 4.78 is 6.89. The van der Waals surface area contributed by atoms with E-state index in [4.69, 9.17) is 4.74 Å². The Hall–Kier alpha value is -1.88. The van der Waals surface area contributed by atoms with Crippen molar-refractivity contribution < 1.29 is 4.74 Å². The van der Waals surface area contributed by atoms with Crippen LogP contribution in [0.25, 0.3) is 0 Å². The number of nitrogens with one attached hydrogen (secondary N) is 1. The standard InChI is InChI=1S/C13H18N4O/c1-17-12(10-15-16-17)9-14-13-6-4-3-5-11(13)7-8-18-2/h3-6,10,14H,7-9H2,1-2H3. The number of nitrogens with zero attached hydrogens (tertiary/aromatic N) is 3. The highest BCUT2D eigenvalue weighted by atomic mass is 16.5. The zero-order valence-electron chi connectivity index (χ0n) is 10.8. The molecule has 0 radical (unpaired) electrons. The van der Waals surface area contributed by atoms with Gasteiger partial charge in [0.1, 0.15) is 0 Å². The minimum atomic E-state index is 0.716. The highest BCUT2D eigenvalue weighted by Crippen LogP contribution is 2.16. The summed E-state index contributed by atoms with van der Waals surface area (Å²) in [7, 11) is 3.61. The van der Waals surface area contributed by atoms with Gasteiger partial charge in [0.05, 0.1) is 25.0 Å². The van der Waals surface area contributed by atoms with Crippen molar-refractivity contribution in [2.75, 3.05) is 19.0 Å². The first kappa shape index (κ1) is 12.6. The van der Waals surface area contributed by atoms with Crippen LogP contribution in [0, 0.1) is 0 Å². The number of benzene rings is 1. The van der Waals surface area contributed by atoms with E-state index in [9.17, 15) is 0 Å². The zero-order valence-corrected chi connectivity index (χ0v) is 10.8. The van der Waals surface area contributed by atoms with Crippen molar-refractivity contribution in [3.63, 3.8) is 0 Å². The second kappa shape index (κ2) is 6.16. The van der Waals surface area contributed by atoms with E-state index in [1.54, 1.807) is 18.0 Å². The van der Waals surface area contributed by atoms with Gasteiger partial charge in [0, 0.05) is 19.8 Å². The smallest absolute Gasteiger partial charge is 0.0774 e. The predicted molar refractivity (Wildman–Crippen MR) is 70.4 cm³/mol. The van der Waals surface area contributed by atoms with Gasteiger partial charge >= 0.3 is 0 Å². The van der Waals surface area contributed by atoms with E-state index in [2.05, 4.69) is 27.8 Å². The van der Waals surface area contributed by atoms with Gasteiger partial charge in [-0.1, -0.05) is 23.4 Å². The van der Waals surface area contributed by atoms with Crippen molar-refractivity contribution in [2.24, 2.45) is 7.05 Å². The monoisotopic (exact) mass is 246 g/mol. The quantitative estimate of drug-likeness (QED) is 0.841. The average Bonchev–Trinajstić information content (AvgIpc) is 2.80. The minimum absolute atomic E-state index is 0.716. The Labute approximate surface area is 107 Å². The maximum Gasteiger partial charge on any atom is 0.0774 e. The number of hydrogen-bond donors (Lipinski definition) is 1. The Morgan fingerprint density at radius 1 is 1.33 bits per heavy atom. The molecule has 0 atom stereocenters. The molecular formula is C13H18N4O. The summed E-state index contributed by atoms with van der Waals surface area (Å²) in [6.45, 7) is 1.44. The molecule has 96 valence electrons. The van der Waals surface area contributed by atoms with Crippen LogP contribution in [-0.2, 0) is 24.8 Å². The molecule has 18 heavy (non-hydrogen) atoms. The topological polar surface area (TPSA) is 52.0 Å². The van der Waals surface area contributed by atoms with Gasteiger partial charge in [-0.25, -0.2) is 0 Å². The van der Waals surface area contributed by atoms with Crippen LogP contribution in [0.3, 0.4) is 0 Å². The molecule has 2 rings (SSSR count). The molecule has 1 heterocycles. The fourth-order valence-corrected chi connectivity index (χ4v) is 1.78. The van der Waals surface area contributed by atoms with Crippen molar-refractivity contribution >= 4 is 5.69 Å². The summed E-state index contributed by atoms with van der Waals surface area (Å²) in [5.41, 5.74) is 3.45. The lowest BCUT2D eigenvalue weighted by Gasteiger charge is -2.11. The lowest BCUT2D eigenvalue weighted by atomic mass is 10.1. The molecule has 5 heteroatoms. The number of anilines is 1. The van der Waals surface area contributed by atoms with Gasteiger partial charge in [-0.3, -0.25) is 4.68 Å². The molecule has 0 bridgehead atoms. The third-order valence-corrected chi connectivity index (χ3v) is 2.86. The molecule has 1 N–H and O–H groups in total. The third-order valence-electron chi connectivity index (χ3n) is 2.86. The van der Waals surface area contributed by atoms with Gasteiger partial charge in [-0.05, 0) is 18.1 Å². The first-order valence-corrected chi connectivity index (χ1v) is 5.95. The molecule has 5 nitrogen and oxygen atoms in total. The Morgan fingerprint density at radius 3 is 2.89 bits per heavy atom. The number of aryl methyl sites for hydroxylation is 1.